The third-order valence-corrected chi connectivity index (χ3v) is 6.78. The minimum atomic E-state index is -1.75. The second-order valence-corrected chi connectivity index (χ2v) is 9.93. The van der Waals surface area contributed by atoms with E-state index in [2.05, 4.69) is 0 Å². The third kappa shape index (κ3) is 9.52. The lowest BCUT2D eigenvalue weighted by atomic mass is 9.96. The molecule has 0 spiro atoms. The van der Waals surface area contributed by atoms with Crippen LogP contribution in [0, 0.1) is 0 Å². The monoisotopic (exact) mass is 590 g/mol. The van der Waals surface area contributed by atoms with E-state index in [4.69, 9.17) is 36.9 Å². The Bertz CT molecular complexity index is 1060. The number of carboxylic acids is 3. The largest absolute Gasteiger partial charge is 0.868 e. The topological polar surface area (TPSA) is 316 Å². The lowest BCUT2D eigenvalue weighted by Crippen LogP contribution is -2.60. The van der Waals surface area contributed by atoms with Crippen LogP contribution in [0.1, 0.15) is 30.4 Å². The van der Waals surface area contributed by atoms with Gasteiger partial charge in [-0.1, -0.05) is 0 Å². The van der Waals surface area contributed by atoms with E-state index in [0.717, 1.165) is 6.20 Å². The standard InChI is InChI=1S/C24H38N4O13/c25-13(21(34)35)3-1-10-6-28(8-16(30)12(10)5-15(27)23(38)39)7-11(2-4-14(26)22(36)37)40-24-20(33)19(32)18(31)17(9-29)41-24/h6,8,11,13-15,17-20,24,29,31-33H,1-5,7,9,25-27H2,(H3-,30,34,35,36,37,38,39)/t11-,13+,14+,15+,17-,18+,19+,20-,24-/m1/s1. The lowest BCUT2D eigenvalue weighted by molar-refractivity contribution is -0.707. The number of aliphatic hydroxyl groups is 4. The van der Waals surface area contributed by atoms with Crippen molar-refractivity contribution in [3.63, 3.8) is 0 Å². The Balaban J connectivity index is 2.39. The van der Waals surface area contributed by atoms with Gasteiger partial charge in [0.1, 0.15) is 48.6 Å². The molecular weight excluding hydrogens is 552 g/mol. The van der Waals surface area contributed by atoms with Gasteiger partial charge in [-0.2, -0.15) is 0 Å². The van der Waals surface area contributed by atoms with E-state index in [1.807, 2.05) is 0 Å². The van der Waals surface area contributed by atoms with Crippen molar-refractivity contribution in [1.29, 1.82) is 0 Å². The summed E-state index contributed by atoms with van der Waals surface area (Å²) in [5.74, 6) is -4.53. The number of ether oxygens (including phenoxy) is 2. The number of pyridine rings is 1. The molecule has 0 radical (unpaired) electrons. The predicted octanol–water partition coefficient (Wildman–Crippen LogP) is -5.28. The van der Waals surface area contributed by atoms with E-state index >= 15 is 0 Å². The summed E-state index contributed by atoms with van der Waals surface area (Å²) in [6, 6.07) is -3.96. The number of aliphatic carboxylic acids is 3. The molecule has 41 heavy (non-hydrogen) atoms. The average molecular weight is 591 g/mol. The maximum absolute atomic E-state index is 13.0. The molecule has 0 saturated carbocycles. The van der Waals surface area contributed by atoms with Crippen molar-refractivity contribution in [1.82, 2.24) is 0 Å². The van der Waals surface area contributed by atoms with Crippen LogP contribution in [0.15, 0.2) is 12.4 Å². The predicted molar refractivity (Wildman–Crippen MR) is 133 cm³/mol. The molecule has 17 nitrogen and oxygen atoms in total. The van der Waals surface area contributed by atoms with Crippen LogP contribution in [-0.2, 0) is 43.2 Å². The van der Waals surface area contributed by atoms with E-state index < -0.39 is 85.2 Å². The fourth-order valence-electron chi connectivity index (χ4n) is 4.29. The van der Waals surface area contributed by atoms with E-state index in [1.54, 1.807) is 0 Å². The Labute approximate surface area is 234 Å². The van der Waals surface area contributed by atoms with Gasteiger partial charge in [0.25, 0.3) is 0 Å². The minimum Gasteiger partial charge on any atom is -0.868 e. The van der Waals surface area contributed by atoms with Gasteiger partial charge in [-0.15, -0.1) is 0 Å². The molecule has 1 saturated heterocycles. The Morgan fingerprint density at radius 2 is 1.49 bits per heavy atom. The van der Waals surface area contributed by atoms with Crippen LogP contribution in [0.3, 0.4) is 0 Å². The van der Waals surface area contributed by atoms with Crippen molar-refractivity contribution in [2.75, 3.05) is 6.61 Å². The number of hydrogen-bond donors (Lipinski definition) is 10. The van der Waals surface area contributed by atoms with E-state index in [9.17, 15) is 45.0 Å². The number of aromatic nitrogens is 1. The molecule has 232 valence electrons. The van der Waals surface area contributed by atoms with E-state index in [0.29, 0.717) is 0 Å². The Morgan fingerprint density at radius 1 is 0.902 bits per heavy atom. The van der Waals surface area contributed by atoms with Gasteiger partial charge in [-0.25, -0.2) is 4.57 Å². The van der Waals surface area contributed by atoms with Gasteiger partial charge in [0.05, 0.1) is 6.61 Å². The molecule has 0 aliphatic carbocycles. The van der Waals surface area contributed by atoms with Crippen molar-refractivity contribution < 1.29 is 69.3 Å². The highest BCUT2D eigenvalue weighted by atomic mass is 16.7. The first-order chi connectivity index (χ1) is 19.2. The molecule has 13 N–H and O–H groups in total. The summed E-state index contributed by atoms with van der Waals surface area (Å²) in [7, 11) is 0. The second-order valence-electron chi connectivity index (χ2n) is 9.93. The number of hydrogen-bond acceptors (Lipinski definition) is 13. The molecule has 2 heterocycles. The molecule has 1 aromatic rings. The minimum absolute atomic E-state index is 0.0205. The molecule has 0 bridgehead atoms. The smallest absolute Gasteiger partial charge is 0.320 e. The Kier molecular flexibility index (Phi) is 12.8. The van der Waals surface area contributed by atoms with E-state index in [1.165, 1.54) is 10.8 Å². The summed E-state index contributed by atoms with van der Waals surface area (Å²) in [6.07, 6.45) is -7.04. The summed E-state index contributed by atoms with van der Waals surface area (Å²) in [5.41, 5.74) is 17.2. The van der Waals surface area contributed by atoms with Crippen molar-refractivity contribution in [2.45, 2.75) is 93.6 Å². The zero-order chi connectivity index (χ0) is 31.0. The molecule has 1 aromatic heterocycles. The summed E-state index contributed by atoms with van der Waals surface area (Å²) < 4.78 is 12.5. The van der Waals surface area contributed by atoms with Crippen molar-refractivity contribution >= 4 is 17.9 Å². The van der Waals surface area contributed by atoms with Gasteiger partial charge in [0, 0.05) is 5.56 Å². The van der Waals surface area contributed by atoms with Crippen LogP contribution in [0.25, 0.3) is 0 Å². The molecular formula is C24H38N4O13. The number of aliphatic hydroxyl groups excluding tert-OH is 4. The number of carboxylic acid groups (broad SMARTS) is 3. The first-order valence-electron chi connectivity index (χ1n) is 12.8. The van der Waals surface area contributed by atoms with Crippen molar-refractivity contribution in [2.24, 2.45) is 17.2 Å². The van der Waals surface area contributed by atoms with Gasteiger partial charge in [-0.05, 0) is 43.4 Å². The Morgan fingerprint density at radius 3 is 2.05 bits per heavy atom. The molecule has 1 aliphatic heterocycles. The molecule has 0 aromatic carbocycles. The number of nitrogens with two attached hydrogens (primary N) is 3. The van der Waals surface area contributed by atoms with Crippen LogP contribution in [0.5, 0.6) is 5.75 Å². The van der Waals surface area contributed by atoms with Crippen LogP contribution in [0.2, 0.25) is 0 Å². The number of aryl methyl sites for hydroxylation is 1. The number of nitrogens with zero attached hydrogens (tertiary/aromatic N) is 1. The molecule has 17 heteroatoms. The second kappa shape index (κ2) is 15.3. The fourth-order valence-corrected chi connectivity index (χ4v) is 4.29. The van der Waals surface area contributed by atoms with Crippen molar-refractivity contribution in [3.05, 3.63) is 23.5 Å². The maximum atomic E-state index is 13.0. The quantitative estimate of drug-likeness (QED) is 0.0803. The summed E-state index contributed by atoms with van der Waals surface area (Å²) >= 11 is 0. The maximum Gasteiger partial charge on any atom is 0.320 e. The molecule has 0 amide bonds. The summed E-state index contributed by atoms with van der Waals surface area (Å²) in [5, 5.41) is 80.5. The fraction of sp³-hybridized carbons (Fsp3) is 0.667. The highest BCUT2D eigenvalue weighted by molar-refractivity contribution is 5.74. The number of rotatable bonds is 16. The molecule has 0 unspecified atom stereocenters. The van der Waals surface area contributed by atoms with Gasteiger partial charge < -0.3 is 67.5 Å². The van der Waals surface area contributed by atoms with Crippen LogP contribution in [0.4, 0.5) is 0 Å². The zero-order valence-corrected chi connectivity index (χ0v) is 22.1. The van der Waals surface area contributed by atoms with Crippen LogP contribution in [-0.4, -0.2) is 115 Å². The molecule has 1 fully saturated rings. The molecule has 9 atom stereocenters. The SMILES string of the molecule is N[C@@H](CCc1c[n+](C[C@@H](CC[C@H](N)C(=O)O)O[C@@H]2O[C@H](CO)[C@H](O)[C@H](O)[C@H]2O)cc([O-])c1C[C@H](N)C(=O)O)C(=O)O. The van der Waals surface area contributed by atoms with E-state index in [-0.39, 0.29) is 49.8 Å². The molecule has 1 aliphatic rings. The van der Waals surface area contributed by atoms with Crippen LogP contribution < -0.4 is 26.9 Å². The first-order valence-corrected chi connectivity index (χ1v) is 12.8. The van der Waals surface area contributed by atoms with Gasteiger partial charge in [-0.3, -0.25) is 14.4 Å². The normalized spacial score (nSPS) is 25.7. The molecule has 2 rings (SSSR count). The van der Waals surface area contributed by atoms with Gasteiger partial charge >= 0.3 is 17.9 Å². The lowest BCUT2D eigenvalue weighted by Gasteiger charge is -2.40. The van der Waals surface area contributed by atoms with Gasteiger partial charge in [0.15, 0.2) is 25.2 Å². The highest BCUT2D eigenvalue weighted by Gasteiger charge is 2.45. The zero-order valence-electron chi connectivity index (χ0n) is 22.1. The first kappa shape index (κ1) is 34.2. The summed E-state index contributed by atoms with van der Waals surface area (Å²) in [4.78, 5) is 33.7. The van der Waals surface area contributed by atoms with Crippen molar-refractivity contribution in [3.8, 4) is 5.75 Å². The summed E-state index contributed by atoms with van der Waals surface area (Å²) in [6.45, 7) is -0.880. The number of carbonyl (C=O) groups is 3. The third-order valence-electron chi connectivity index (χ3n) is 6.78. The van der Waals surface area contributed by atoms with Gasteiger partial charge in [0.2, 0.25) is 0 Å². The highest BCUT2D eigenvalue weighted by Crippen LogP contribution is 2.25. The average Bonchev–Trinajstić information content (AvgIpc) is 2.91. The van der Waals surface area contributed by atoms with Crippen LogP contribution >= 0.6 is 0 Å². The Hall–Kier alpha value is -3.00.